The second-order valence-electron chi connectivity index (χ2n) is 11.7. The van der Waals surface area contributed by atoms with Crippen LogP contribution in [-0.2, 0) is 4.79 Å². The first-order chi connectivity index (χ1) is 15.6. The molecule has 0 spiro atoms. The number of piperidine rings is 2. The molecule has 2 aliphatic heterocycles. The SMILES string of the molecule is O=C(CC12CC3CC(CC(C3)C1)C2)N1CCC(N2CCC(Oc3ccncc3)CC2)CC1. The Morgan fingerprint density at radius 2 is 1.50 bits per heavy atom. The van der Waals surface area contributed by atoms with Gasteiger partial charge < -0.3 is 9.64 Å². The van der Waals surface area contributed by atoms with Gasteiger partial charge in [-0.1, -0.05) is 0 Å². The third-order valence-corrected chi connectivity index (χ3v) is 9.45. The molecule has 5 nitrogen and oxygen atoms in total. The van der Waals surface area contributed by atoms with Gasteiger partial charge in [-0.2, -0.15) is 0 Å². The number of likely N-dealkylation sites (tertiary alicyclic amines) is 2. The number of pyridine rings is 1. The molecule has 0 N–H and O–H groups in total. The summed E-state index contributed by atoms with van der Waals surface area (Å²) in [5.41, 5.74) is 0.374. The summed E-state index contributed by atoms with van der Waals surface area (Å²) in [5.74, 6) is 4.21. The second kappa shape index (κ2) is 8.62. The number of hydrogen-bond donors (Lipinski definition) is 0. The van der Waals surface area contributed by atoms with Gasteiger partial charge in [0.05, 0.1) is 0 Å². The van der Waals surface area contributed by atoms with Crippen molar-refractivity contribution in [3.05, 3.63) is 24.5 Å². The molecule has 4 bridgehead atoms. The molecule has 32 heavy (non-hydrogen) atoms. The molecule has 0 radical (unpaired) electrons. The zero-order valence-corrected chi connectivity index (χ0v) is 19.5. The summed E-state index contributed by atoms with van der Waals surface area (Å²) in [4.78, 5) is 22.2. The second-order valence-corrected chi connectivity index (χ2v) is 11.7. The van der Waals surface area contributed by atoms with Gasteiger partial charge in [-0.15, -0.1) is 0 Å². The van der Waals surface area contributed by atoms with E-state index in [0.717, 1.165) is 81.8 Å². The first kappa shape index (κ1) is 20.9. The molecule has 2 saturated heterocycles. The Hall–Kier alpha value is -1.62. The van der Waals surface area contributed by atoms with E-state index in [0.29, 0.717) is 23.5 Å². The fraction of sp³-hybridized carbons (Fsp3) is 0.778. The van der Waals surface area contributed by atoms with Crippen molar-refractivity contribution in [2.75, 3.05) is 26.2 Å². The molecule has 174 valence electrons. The Labute approximate surface area is 192 Å². The summed E-state index contributed by atoms with van der Waals surface area (Å²) in [5, 5.41) is 0. The highest BCUT2D eigenvalue weighted by Gasteiger charge is 2.51. The molecule has 5 heteroatoms. The third-order valence-electron chi connectivity index (χ3n) is 9.45. The van der Waals surface area contributed by atoms with Gasteiger partial charge in [0.1, 0.15) is 11.9 Å². The average molecular weight is 438 g/mol. The van der Waals surface area contributed by atoms with Crippen molar-refractivity contribution < 1.29 is 9.53 Å². The van der Waals surface area contributed by atoms with Gasteiger partial charge in [0.2, 0.25) is 5.91 Å². The highest BCUT2D eigenvalue weighted by Crippen LogP contribution is 2.61. The van der Waals surface area contributed by atoms with Crippen LogP contribution in [0.3, 0.4) is 0 Å². The molecule has 1 aromatic rings. The maximum Gasteiger partial charge on any atom is 0.223 e. The van der Waals surface area contributed by atoms with Crippen molar-refractivity contribution in [1.29, 1.82) is 0 Å². The van der Waals surface area contributed by atoms with E-state index >= 15 is 0 Å². The van der Waals surface area contributed by atoms with Gasteiger partial charge in [-0.25, -0.2) is 0 Å². The molecule has 1 amide bonds. The van der Waals surface area contributed by atoms with E-state index in [1.54, 1.807) is 12.4 Å². The normalized spacial score (nSPS) is 35.9. The molecular formula is C27H39N3O2. The summed E-state index contributed by atoms with van der Waals surface area (Å²) in [6, 6.07) is 4.53. The first-order valence-electron chi connectivity index (χ1n) is 13.2. The van der Waals surface area contributed by atoms with Gasteiger partial charge in [0.25, 0.3) is 0 Å². The molecule has 6 fully saturated rings. The maximum absolute atomic E-state index is 13.3. The van der Waals surface area contributed by atoms with Crippen molar-refractivity contribution in [3.63, 3.8) is 0 Å². The topological polar surface area (TPSA) is 45.7 Å². The van der Waals surface area contributed by atoms with Crippen LogP contribution in [0, 0.1) is 23.2 Å². The number of amides is 1. The van der Waals surface area contributed by atoms with E-state index in [9.17, 15) is 4.79 Å². The van der Waals surface area contributed by atoms with Crippen molar-refractivity contribution >= 4 is 5.91 Å². The lowest BCUT2D eigenvalue weighted by Crippen LogP contribution is -2.52. The van der Waals surface area contributed by atoms with Gasteiger partial charge >= 0.3 is 0 Å². The minimum atomic E-state index is 0.315. The smallest absolute Gasteiger partial charge is 0.223 e. The van der Waals surface area contributed by atoms with E-state index < -0.39 is 0 Å². The molecule has 0 atom stereocenters. The number of ether oxygens (including phenoxy) is 1. The molecule has 3 heterocycles. The molecule has 6 aliphatic rings. The van der Waals surface area contributed by atoms with Crippen LogP contribution in [-0.4, -0.2) is 59.0 Å². The van der Waals surface area contributed by atoms with Crippen LogP contribution >= 0.6 is 0 Å². The molecule has 1 aromatic heterocycles. The summed E-state index contributed by atoms with van der Waals surface area (Å²) in [6.45, 7) is 4.15. The van der Waals surface area contributed by atoms with E-state index in [2.05, 4.69) is 14.8 Å². The summed E-state index contributed by atoms with van der Waals surface area (Å²) < 4.78 is 6.14. The lowest BCUT2D eigenvalue weighted by atomic mass is 9.49. The Bertz CT molecular complexity index is 761. The number of carbonyl (C=O) groups excluding carboxylic acids is 1. The van der Waals surface area contributed by atoms with Crippen molar-refractivity contribution in [2.24, 2.45) is 23.2 Å². The van der Waals surface area contributed by atoms with Crippen LogP contribution in [0.5, 0.6) is 5.75 Å². The van der Waals surface area contributed by atoms with Gasteiger partial charge in [0, 0.05) is 51.0 Å². The fourth-order valence-electron chi connectivity index (χ4n) is 8.39. The monoisotopic (exact) mass is 437 g/mol. The van der Waals surface area contributed by atoms with Crippen molar-refractivity contribution in [1.82, 2.24) is 14.8 Å². The Kier molecular flexibility index (Phi) is 5.65. The van der Waals surface area contributed by atoms with E-state index in [1.165, 1.54) is 38.5 Å². The fourth-order valence-corrected chi connectivity index (χ4v) is 8.39. The standard InChI is InChI=1S/C27H39N3O2/c31-26(19-27-16-20-13-21(17-27)15-22(14-20)18-27)30-9-3-23(4-10-30)29-11-5-25(6-12-29)32-24-1-7-28-8-2-24/h1-2,7-8,20-23,25H,3-6,9-19H2. The van der Waals surface area contributed by atoms with Crippen LogP contribution in [0.25, 0.3) is 0 Å². The van der Waals surface area contributed by atoms with E-state index in [-0.39, 0.29) is 0 Å². The quantitative estimate of drug-likeness (QED) is 0.679. The zero-order chi connectivity index (χ0) is 21.5. The van der Waals surface area contributed by atoms with E-state index in [1.807, 2.05) is 12.1 Å². The van der Waals surface area contributed by atoms with E-state index in [4.69, 9.17) is 4.74 Å². The molecule has 7 rings (SSSR count). The largest absolute Gasteiger partial charge is 0.490 e. The van der Waals surface area contributed by atoms with Crippen LogP contribution in [0.15, 0.2) is 24.5 Å². The minimum absolute atomic E-state index is 0.315. The van der Waals surface area contributed by atoms with Crippen LogP contribution in [0.4, 0.5) is 0 Å². The molecule has 4 saturated carbocycles. The number of hydrogen-bond acceptors (Lipinski definition) is 4. The minimum Gasteiger partial charge on any atom is -0.490 e. The Morgan fingerprint density at radius 1 is 0.906 bits per heavy atom. The number of aromatic nitrogens is 1. The zero-order valence-electron chi connectivity index (χ0n) is 19.5. The molecule has 0 unspecified atom stereocenters. The predicted octanol–water partition coefficient (Wildman–Crippen LogP) is 4.52. The molecule has 4 aliphatic carbocycles. The molecule has 0 aromatic carbocycles. The predicted molar refractivity (Wildman–Crippen MR) is 124 cm³/mol. The number of carbonyl (C=O) groups is 1. The number of nitrogens with zero attached hydrogens (tertiary/aromatic N) is 3. The lowest BCUT2D eigenvalue weighted by Gasteiger charge is -2.57. The summed E-state index contributed by atoms with van der Waals surface area (Å²) in [6.07, 6.45) is 17.6. The highest BCUT2D eigenvalue weighted by molar-refractivity contribution is 5.77. The third kappa shape index (κ3) is 4.30. The van der Waals surface area contributed by atoms with Crippen LogP contribution < -0.4 is 4.74 Å². The molecular weight excluding hydrogens is 398 g/mol. The Balaban J connectivity index is 0.963. The van der Waals surface area contributed by atoms with Crippen LogP contribution in [0.2, 0.25) is 0 Å². The van der Waals surface area contributed by atoms with Gasteiger partial charge in [-0.05, 0) is 99.5 Å². The maximum atomic E-state index is 13.3. The van der Waals surface area contributed by atoms with Gasteiger partial charge in [-0.3, -0.25) is 14.7 Å². The summed E-state index contributed by atoms with van der Waals surface area (Å²) >= 11 is 0. The Morgan fingerprint density at radius 3 is 2.09 bits per heavy atom. The van der Waals surface area contributed by atoms with Crippen molar-refractivity contribution in [3.8, 4) is 5.75 Å². The first-order valence-corrected chi connectivity index (χ1v) is 13.2. The highest BCUT2D eigenvalue weighted by atomic mass is 16.5. The average Bonchev–Trinajstić information content (AvgIpc) is 2.79. The van der Waals surface area contributed by atoms with Crippen LogP contribution in [0.1, 0.15) is 70.6 Å². The van der Waals surface area contributed by atoms with Gasteiger partial charge in [0.15, 0.2) is 0 Å². The summed E-state index contributed by atoms with van der Waals surface area (Å²) in [7, 11) is 0. The number of rotatable bonds is 5. The lowest BCUT2D eigenvalue weighted by molar-refractivity contribution is -0.141. The van der Waals surface area contributed by atoms with Crippen molar-refractivity contribution in [2.45, 2.75) is 82.8 Å².